The van der Waals surface area contributed by atoms with Gasteiger partial charge in [0.2, 0.25) is 0 Å². The van der Waals surface area contributed by atoms with Crippen LogP contribution in [0, 0.1) is 0 Å². The van der Waals surface area contributed by atoms with E-state index in [0.29, 0.717) is 0 Å². The van der Waals surface area contributed by atoms with Crippen LogP contribution < -0.4 is 5.73 Å². The lowest BCUT2D eigenvalue weighted by molar-refractivity contribution is 0.561. The van der Waals surface area contributed by atoms with Crippen molar-refractivity contribution in [3.05, 3.63) is 36.9 Å². The predicted molar refractivity (Wildman–Crippen MR) is 62.2 cm³/mol. The fraction of sp³-hybridized carbons (Fsp3) is 0.500. The second-order valence-electron chi connectivity index (χ2n) is 3.66. The topological polar surface area (TPSA) is 51.8 Å². The second kappa shape index (κ2) is 7.12. The molecule has 0 aromatic carbocycles. The number of unbranched alkanes of at least 4 members (excludes halogenated alkanes) is 3. The molecular formula is C12H19N3. The van der Waals surface area contributed by atoms with Crippen LogP contribution in [0.25, 0.3) is 0 Å². The third-order valence-electron chi connectivity index (χ3n) is 2.39. The summed E-state index contributed by atoms with van der Waals surface area (Å²) in [5.41, 5.74) is 6.88. The van der Waals surface area contributed by atoms with Gasteiger partial charge in [-0.1, -0.05) is 18.9 Å². The molecule has 1 unspecified atom stereocenters. The third-order valence-corrected chi connectivity index (χ3v) is 2.39. The Labute approximate surface area is 91.4 Å². The highest BCUT2D eigenvalue weighted by molar-refractivity contribution is 5.00. The molecule has 1 aromatic rings. The maximum Gasteiger partial charge on any atom is 0.0753 e. The number of nitrogens with two attached hydrogens (primary N) is 1. The number of rotatable bonds is 7. The average molecular weight is 205 g/mol. The highest BCUT2D eigenvalue weighted by atomic mass is 14.8. The van der Waals surface area contributed by atoms with E-state index < -0.39 is 0 Å². The second-order valence-corrected chi connectivity index (χ2v) is 3.66. The maximum atomic E-state index is 5.99. The first-order valence-electron chi connectivity index (χ1n) is 5.47. The van der Waals surface area contributed by atoms with Crippen LogP contribution >= 0.6 is 0 Å². The molecule has 15 heavy (non-hydrogen) atoms. The quantitative estimate of drug-likeness (QED) is 0.550. The van der Waals surface area contributed by atoms with Gasteiger partial charge in [0.25, 0.3) is 0 Å². The lowest BCUT2D eigenvalue weighted by Gasteiger charge is -2.09. The van der Waals surface area contributed by atoms with Crippen LogP contribution in [0.2, 0.25) is 0 Å². The van der Waals surface area contributed by atoms with E-state index in [1.807, 2.05) is 6.08 Å². The smallest absolute Gasteiger partial charge is 0.0753 e. The molecule has 0 spiro atoms. The summed E-state index contributed by atoms with van der Waals surface area (Å²) >= 11 is 0. The zero-order chi connectivity index (χ0) is 10.9. The minimum absolute atomic E-state index is 0.0300. The molecule has 0 aliphatic heterocycles. The van der Waals surface area contributed by atoms with Crippen molar-refractivity contribution in [2.45, 2.75) is 38.1 Å². The van der Waals surface area contributed by atoms with Crippen LogP contribution in [-0.4, -0.2) is 9.97 Å². The number of nitrogens with zero attached hydrogens (tertiary/aromatic N) is 2. The van der Waals surface area contributed by atoms with E-state index in [-0.39, 0.29) is 6.04 Å². The van der Waals surface area contributed by atoms with Crippen molar-refractivity contribution >= 4 is 0 Å². The average Bonchev–Trinajstić information content (AvgIpc) is 2.30. The number of aromatic nitrogens is 2. The Hall–Kier alpha value is -1.22. The van der Waals surface area contributed by atoms with E-state index in [1.165, 1.54) is 12.8 Å². The van der Waals surface area contributed by atoms with Crippen molar-refractivity contribution < 1.29 is 0 Å². The molecule has 1 heterocycles. The Morgan fingerprint density at radius 2 is 2.20 bits per heavy atom. The molecule has 1 atom stereocenters. The van der Waals surface area contributed by atoms with Crippen molar-refractivity contribution in [1.82, 2.24) is 9.97 Å². The summed E-state index contributed by atoms with van der Waals surface area (Å²) in [6.07, 6.45) is 12.7. The lowest BCUT2D eigenvalue weighted by Crippen LogP contribution is -2.11. The fourth-order valence-electron chi connectivity index (χ4n) is 1.48. The Morgan fingerprint density at radius 1 is 1.33 bits per heavy atom. The van der Waals surface area contributed by atoms with Gasteiger partial charge in [0.05, 0.1) is 5.69 Å². The monoisotopic (exact) mass is 205 g/mol. The van der Waals surface area contributed by atoms with Gasteiger partial charge < -0.3 is 5.73 Å². The van der Waals surface area contributed by atoms with Gasteiger partial charge in [0.1, 0.15) is 0 Å². The zero-order valence-electron chi connectivity index (χ0n) is 9.10. The highest BCUT2D eigenvalue weighted by Gasteiger charge is 2.06. The van der Waals surface area contributed by atoms with E-state index in [4.69, 9.17) is 5.73 Å². The molecule has 0 amide bonds. The highest BCUT2D eigenvalue weighted by Crippen LogP contribution is 2.14. The summed E-state index contributed by atoms with van der Waals surface area (Å²) in [4.78, 5) is 8.20. The van der Waals surface area contributed by atoms with Crippen LogP contribution in [0.3, 0.4) is 0 Å². The molecular weight excluding hydrogens is 186 g/mol. The first kappa shape index (κ1) is 11.9. The summed E-state index contributed by atoms with van der Waals surface area (Å²) in [5, 5.41) is 0. The van der Waals surface area contributed by atoms with Gasteiger partial charge in [-0.2, -0.15) is 0 Å². The van der Waals surface area contributed by atoms with Crippen molar-refractivity contribution in [3.8, 4) is 0 Å². The summed E-state index contributed by atoms with van der Waals surface area (Å²) < 4.78 is 0. The minimum atomic E-state index is 0.0300. The predicted octanol–water partition coefficient (Wildman–Crippen LogP) is 2.61. The Morgan fingerprint density at radius 3 is 2.87 bits per heavy atom. The van der Waals surface area contributed by atoms with Crippen LogP contribution in [0.15, 0.2) is 31.2 Å². The Balaban J connectivity index is 2.19. The van der Waals surface area contributed by atoms with E-state index in [1.54, 1.807) is 18.6 Å². The van der Waals surface area contributed by atoms with Crippen molar-refractivity contribution in [3.63, 3.8) is 0 Å². The largest absolute Gasteiger partial charge is 0.323 e. The molecule has 1 rings (SSSR count). The van der Waals surface area contributed by atoms with E-state index in [0.717, 1.165) is 25.0 Å². The van der Waals surface area contributed by atoms with Gasteiger partial charge in [0.15, 0.2) is 0 Å². The molecule has 0 fully saturated rings. The van der Waals surface area contributed by atoms with E-state index >= 15 is 0 Å². The van der Waals surface area contributed by atoms with Crippen LogP contribution in [0.5, 0.6) is 0 Å². The molecule has 0 bridgehead atoms. The normalized spacial score (nSPS) is 12.3. The van der Waals surface area contributed by atoms with Gasteiger partial charge >= 0.3 is 0 Å². The Bertz CT molecular complexity index is 271. The molecule has 3 nitrogen and oxygen atoms in total. The third kappa shape index (κ3) is 4.70. The Kier molecular flexibility index (Phi) is 5.63. The van der Waals surface area contributed by atoms with Crippen LogP contribution in [-0.2, 0) is 0 Å². The number of hydrogen-bond donors (Lipinski definition) is 1. The first-order chi connectivity index (χ1) is 7.34. The molecule has 0 aliphatic carbocycles. The molecule has 3 heteroatoms. The molecule has 0 aliphatic rings. The van der Waals surface area contributed by atoms with Gasteiger partial charge in [-0.3, -0.25) is 9.97 Å². The lowest BCUT2D eigenvalue weighted by atomic mass is 10.1. The maximum absolute atomic E-state index is 5.99. The summed E-state index contributed by atoms with van der Waals surface area (Å²) in [5.74, 6) is 0. The van der Waals surface area contributed by atoms with Crippen molar-refractivity contribution in [1.29, 1.82) is 0 Å². The molecule has 2 N–H and O–H groups in total. The molecule has 1 aromatic heterocycles. The number of hydrogen-bond acceptors (Lipinski definition) is 3. The molecule has 0 saturated carbocycles. The zero-order valence-corrected chi connectivity index (χ0v) is 9.10. The van der Waals surface area contributed by atoms with E-state index in [2.05, 4.69) is 16.5 Å². The summed E-state index contributed by atoms with van der Waals surface area (Å²) in [6.45, 7) is 3.70. The van der Waals surface area contributed by atoms with Gasteiger partial charge in [-0.05, 0) is 19.3 Å². The van der Waals surface area contributed by atoms with E-state index in [9.17, 15) is 0 Å². The van der Waals surface area contributed by atoms with Crippen molar-refractivity contribution in [2.24, 2.45) is 5.73 Å². The number of allylic oxidation sites excluding steroid dienone is 1. The standard InChI is InChI=1S/C12H19N3/c1-2-3-4-5-6-7-11(13)12-10-14-8-9-15-12/h2,8-11H,1,3-7,13H2. The molecule has 0 saturated heterocycles. The summed E-state index contributed by atoms with van der Waals surface area (Å²) in [7, 11) is 0. The van der Waals surface area contributed by atoms with Crippen molar-refractivity contribution in [2.75, 3.05) is 0 Å². The summed E-state index contributed by atoms with van der Waals surface area (Å²) in [6, 6.07) is 0.0300. The SMILES string of the molecule is C=CCCCCCC(N)c1cnccn1. The van der Waals surface area contributed by atoms with Gasteiger partial charge in [0, 0.05) is 24.6 Å². The minimum Gasteiger partial charge on any atom is -0.323 e. The fourth-order valence-corrected chi connectivity index (χ4v) is 1.48. The van der Waals surface area contributed by atoms with Crippen LogP contribution in [0.1, 0.15) is 43.8 Å². The van der Waals surface area contributed by atoms with Crippen LogP contribution in [0.4, 0.5) is 0 Å². The molecule has 0 radical (unpaired) electrons. The van der Waals surface area contributed by atoms with Gasteiger partial charge in [-0.25, -0.2) is 0 Å². The molecule has 82 valence electrons. The van der Waals surface area contributed by atoms with Gasteiger partial charge in [-0.15, -0.1) is 6.58 Å². The first-order valence-corrected chi connectivity index (χ1v) is 5.47.